The van der Waals surface area contributed by atoms with Gasteiger partial charge in [0.15, 0.2) is 4.80 Å². The van der Waals surface area contributed by atoms with E-state index in [4.69, 9.17) is 5.26 Å². The van der Waals surface area contributed by atoms with E-state index in [2.05, 4.69) is 29.3 Å². The maximum absolute atomic E-state index is 12.5. The van der Waals surface area contributed by atoms with Crippen LogP contribution < -0.4 is 4.80 Å². The van der Waals surface area contributed by atoms with Gasteiger partial charge in [0, 0.05) is 18.0 Å². The molecule has 1 aromatic heterocycles. The van der Waals surface area contributed by atoms with Crippen LogP contribution in [-0.4, -0.2) is 10.5 Å². The SMILES string of the molecule is Cn1c(=NC(=O)c2ccc(C#N)cc2)sc2ccc3ccccc3c21. The number of thiazole rings is 1. The predicted octanol–water partition coefficient (Wildman–Crippen LogP) is 4.01. The standard InChI is InChI=1S/C20H13N3OS/c1-23-18-16-5-3-2-4-14(16)10-11-17(18)25-20(23)22-19(24)15-8-6-13(12-21)7-9-15/h2-11H,1H3. The fourth-order valence-corrected chi connectivity index (χ4v) is 3.90. The van der Waals surface area contributed by atoms with Gasteiger partial charge in [-0.25, -0.2) is 0 Å². The van der Waals surface area contributed by atoms with Gasteiger partial charge in [-0.1, -0.05) is 41.7 Å². The fourth-order valence-electron chi connectivity index (χ4n) is 2.86. The maximum Gasteiger partial charge on any atom is 0.279 e. The van der Waals surface area contributed by atoms with Crippen LogP contribution in [0.1, 0.15) is 15.9 Å². The van der Waals surface area contributed by atoms with Crippen molar-refractivity contribution in [3.05, 3.63) is 76.6 Å². The number of aromatic nitrogens is 1. The van der Waals surface area contributed by atoms with Crippen molar-refractivity contribution in [3.63, 3.8) is 0 Å². The molecular formula is C20H13N3OS. The molecule has 0 aliphatic carbocycles. The lowest BCUT2D eigenvalue weighted by atomic mass is 10.1. The molecule has 0 bridgehead atoms. The topological polar surface area (TPSA) is 58.1 Å². The molecule has 5 heteroatoms. The van der Waals surface area contributed by atoms with E-state index in [0.717, 1.165) is 21.0 Å². The second-order valence-electron chi connectivity index (χ2n) is 5.68. The van der Waals surface area contributed by atoms with Crippen molar-refractivity contribution < 1.29 is 4.79 Å². The van der Waals surface area contributed by atoms with Crippen LogP contribution in [0.25, 0.3) is 21.0 Å². The summed E-state index contributed by atoms with van der Waals surface area (Å²) in [5, 5.41) is 11.2. The molecule has 0 N–H and O–H groups in total. The third-order valence-corrected chi connectivity index (χ3v) is 5.24. The zero-order chi connectivity index (χ0) is 17.4. The number of carbonyl (C=O) groups is 1. The smallest absolute Gasteiger partial charge is 0.279 e. The number of amides is 1. The van der Waals surface area contributed by atoms with Crippen molar-refractivity contribution in [2.45, 2.75) is 0 Å². The second-order valence-corrected chi connectivity index (χ2v) is 6.69. The van der Waals surface area contributed by atoms with E-state index in [9.17, 15) is 4.79 Å². The van der Waals surface area contributed by atoms with E-state index in [1.165, 1.54) is 11.3 Å². The molecule has 1 amide bonds. The first-order chi connectivity index (χ1) is 12.2. The molecule has 0 fully saturated rings. The van der Waals surface area contributed by atoms with Crippen LogP contribution in [0, 0.1) is 11.3 Å². The molecule has 0 unspecified atom stereocenters. The minimum absolute atomic E-state index is 0.309. The summed E-state index contributed by atoms with van der Waals surface area (Å²) < 4.78 is 3.05. The molecule has 120 valence electrons. The van der Waals surface area contributed by atoms with Crippen LogP contribution in [0.2, 0.25) is 0 Å². The van der Waals surface area contributed by atoms with Crippen LogP contribution in [0.4, 0.5) is 0 Å². The van der Waals surface area contributed by atoms with Crippen molar-refractivity contribution in [2.24, 2.45) is 12.0 Å². The van der Waals surface area contributed by atoms with Crippen LogP contribution in [0.15, 0.2) is 65.7 Å². The summed E-state index contributed by atoms with van der Waals surface area (Å²) in [4.78, 5) is 17.4. The number of hydrogen-bond acceptors (Lipinski definition) is 3. The molecule has 0 aliphatic heterocycles. The van der Waals surface area contributed by atoms with Crippen molar-refractivity contribution in [1.29, 1.82) is 5.26 Å². The Kier molecular flexibility index (Phi) is 3.68. The summed E-state index contributed by atoms with van der Waals surface area (Å²) in [6.45, 7) is 0. The number of hydrogen-bond donors (Lipinski definition) is 0. The molecule has 0 spiro atoms. The normalized spacial score (nSPS) is 11.8. The van der Waals surface area contributed by atoms with Crippen molar-refractivity contribution in [3.8, 4) is 6.07 Å². The Morgan fingerprint density at radius 1 is 1.08 bits per heavy atom. The van der Waals surface area contributed by atoms with Crippen molar-refractivity contribution in [2.75, 3.05) is 0 Å². The van der Waals surface area contributed by atoms with Crippen LogP contribution in [0.3, 0.4) is 0 Å². The second kappa shape index (κ2) is 6.00. The van der Waals surface area contributed by atoms with Gasteiger partial charge in [0.05, 0.1) is 21.8 Å². The van der Waals surface area contributed by atoms with E-state index >= 15 is 0 Å². The number of rotatable bonds is 1. The summed E-state index contributed by atoms with van der Waals surface area (Å²) in [6, 6.07) is 20.9. The zero-order valence-electron chi connectivity index (χ0n) is 13.4. The van der Waals surface area contributed by atoms with Gasteiger partial charge in [-0.05, 0) is 35.7 Å². The van der Waals surface area contributed by atoms with E-state index in [1.54, 1.807) is 24.3 Å². The van der Waals surface area contributed by atoms with E-state index in [-0.39, 0.29) is 5.91 Å². The van der Waals surface area contributed by atoms with Crippen molar-refractivity contribution >= 4 is 38.2 Å². The van der Waals surface area contributed by atoms with E-state index in [1.807, 2.05) is 29.8 Å². The van der Waals surface area contributed by atoms with Gasteiger partial charge in [0.25, 0.3) is 5.91 Å². The predicted molar refractivity (Wildman–Crippen MR) is 99.4 cm³/mol. The number of nitrogens with zero attached hydrogens (tertiary/aromatic N) is 3. The highest BCUT2D eigenvalue weighted by Crippen LogP contribution is 2.26. The first-order valence-electron chi connectivity index (χ1n) is 7.74. The van der Waals surface area contributed by atoms with Crippen molar-refractivity contribution in [1.82, 2.24) is 4.57 Å². The summed E-state index contributed by atoms with van der Waals surface area (Å²) in [5.41, 5.74) is 2.08. The van der Waals surface area contributed by atoms with Gasteiger partial charge in [0.1, 0.15) is 0 Å². The Labute approximate surface area is 147 Å². The largest absolute Gasteiger partial charge is 0.319 e. The summed E-state index contributed by atoms with van der Waals surface area (Å²) in [5.74, 6) is -0.309. The highest BCUT2D eigenvalue weighted by molar-refractivity contribution is 7.16. The Morgan fingerprint density at radius 3 is 2.60 bits per heavy atom. The van der Waals surface area contributed by atoms with Gasteiger partial charge in [-0.2, -0.15) is 10.3 Å². The van der Waals surface area contributed by atoms with Gasteiger partial charge in [-0.15, -0.1) is 0 Å². The van der Waals surface area contributed by atoms with E-state index < -0.39 is 0 Å². The monoisotopic (exact) mass is 343 g/mol. The minimum Gasteiger partial charge on any atom is -0.319 e. The Bertz CT molecular complexity index is 1220. The first-order valence-corrected chi connectivity index (χ1v) is 8.55. The minimum atomic E-state index is -0.309. The summed E-state index contributed by atoms with van der Waals surface area (Å²) in [6.07, 6.45) is 0. The highest BCUT2D eigenvalue weighted by Gasteiger charge is 2.09. The molecule has 0 atom stereocenters. The molecule has 0 radical (unpaired) electrons. The average molecular weight is 343 g/mol. The number of carbonyl (C=O) groups excluding carboxylic acids is 1. The molecule has 1 heterocycles. The lowest BCUT2D eigenvalue weighted by Crippen LogP contribution is -2.13. The lowest BCUT2D eigenvalue weighted by Gasteiger charge is -2.01. The average Bonchev–Trinajstić information content (AvgIpc) is 2.98. The van der Waals surface area contributed by atoms with Gasteiger partial charge < -0.3 is 4.57 Å². The molecule has 0 saturated heterocycles. The number of fused-ring (bicyclic) bond motifs is 3. The van der Waals surface area contributed by atoms with Gasteiger partial charge in [0.2, 0.25) is 0 Å². The Balaban J connectivity index is 1.87. The molecule has 25 heavy (non-hydrogen) atoms. The third-order valence-electron chi connectivity index (χ3n) is 4.15. The Hall–Kier alpha value is -3.23. The molecule has 4 aromatic rings. The zero-order valence-corrected chi connectivity index (χ0v) is 14.2. The van der Waals surface area contributed by atoms with E-state index in [0.29, 0.717) is 15.9 Å². The first kappa shape index (κ1) is 15.3. The number of nitriles is 1. The molecule has 4 nitrogen and oxygen atoms in total. The van der Waals surface area contributed by atoms with Crippen LogP contribution in [0.5, 0.6) is 0 Å². The number of aryl methyl sites for hydroxylation is 1. The Morgan fingerprint density at radius 2 is 1.84 bits per heavy atom. The third kappa shape index (κ3) is 2.63. The molecular weight excluding hydrogens is 330 g/mol. The number of benzene rings is 3. The van der Waals surface area contributed by atoms with Gasteiger partial charge in [-0.3, -0.25) is 4.79 Å². The summed E-state index contributed by atoms with van der Waals surface area (Å²) >= 11 is 1.49. The maximum atomic E-state index is 12.5. The van der Waals surface area contributed by atoms with Crippen LogP contribution in [-0.2, 0) is 7.05 Å². The highest BCUT2D eigenvalue weighted by atomic mass is 32.1. The summed E-state index contributed by atoms with van der Waals surface area (Å²) in [7, 11) is 1.93. The fraction of sp³-hybridized carbons (Fsp3) is 0.0500. The van der Waals surface area contributed by atoms with Gasteiger partial charge >= 0.3 is 0 Å². The molecule has 0 aliphatic rings. The lowest BCUT2D eigenvalue weighted by molar-refractivity contribution is 0.0998. The molecule has 0 saturated carbocycles. The van der Waals surface area contributed by atoms with Crippen LogP contribution >= 0.6 is 11.3 Å². The quantitative estimate of drug-likeness (QED) is 0.524. The molecule has 4 rings (SSSR count). The molecule has 3 aromatic carbocycles.